The standard InChI is InChI=1S/C13H26N2O/c1-10-4-3-5-12(6-10)7-13(16)15-9-11(2)8-14/h10-12H,3-9,14H2,1-2H3,(H,15,16). The minimum atomic E-state index is 0.208. The average Bonchev–Trinajstić information content (AvgIpc) is 2.26. The highest BCUT2D eigenvalue weighted by molar-refractivity contribution is 5.76. The maximum absolute atomic E-state index is 11.7. The van der Waals surface area contributed by atoms with Crippen molar-refractivity contribution < 1.29 is 4.79 Å². The molecule has 0 aromatic carbocycles. The first-order chi connectivity index (χ1) is 7.61. The summed E-state index contributed by atoms with van der Waals surface area (Å²) in [6.45, 7) is 5.71. The average molecular weight is 226 g/mol. The van der Waals surface area contributed by atoms with Gasteiger partial charge >= 0.3 is 0 Å². The van der Waals surface area contributed by atoms with Crippen LogP contribution in [-0.4, -0.2) is 19.0 Å². The summed E-state index contributed by atoms with van der Waals surface area (Å²) in [5, 5.41) is 2.98. The summed E-state index contributed by atoms with van der Waals surface area (Å²) in [5.74, 6) is 2.00. The lowest BCUT2D eigenvalue weighted by Crippen LogP contribution is -2.33. The summed E-state index contributed by atoms with van der Waals surface area (Å²) in [6.07, 6.45) is 5.78. The fourth-order valence-electron chi connectivity index (χ4n) is 2.45. The zero-order valence-corrected chi connectivity index (χ0v) is 10.7. The molecule has 0 bridgehead atoms. The predicted octanol–water partition coefficient (Wildman–Crippen LogP) is 1.91. The van der Waals surface area contributed by atoms with Crippen molar-refractivity contribution in [2.45, 2.75) is 46.0 Å². The van der Waals surface area contributed by atoms with Gasteiger partial charge in [0, 0.05) is 13.0 Å². The van der Waals surface area contributed by atoms with Gasteiger partial charge in [-0.15, -0.1) is 0 Å². The molecular formula is C13H26N2O. The quantitative estimate of drug-likeness (QED) is 0.752. The van der Waals surface area contributed by atoms with Crippen LogP contribution in [0.5, 0.6) is 0 Å². The zero-order valence-electron chi connectivity index (χ0n) is 10.7. The van der Waals surface area contributed by atoms with Crippen LogP contribution in [0.2, 0.25) is 0 Å². The molecule has 3 heteroatoms. The second-order valence-corrected chi connectivity index (χ2v) is 5.49. The number of hydrogen-bond acceptors (Lipinski definition) is 2. The molecule has 1 aliphatic rings. The third kappa shape index (κ3) is 4.97. The van der Waals surface area contributed by atoms with Gasteiger partial charge in [-0.05, 0) is 37.1 Å². The Bertz CT molecular complexity index is 218. The van der Waals surface area contributed by atoms with E-state index < -0.39 is 0 Å². The van der Waals surface area contributed by atoms with Gasteiger partial charge in [0.1, 0.15) is 0 Å². The summed E-state index contributed by atoms with van der Waals surface area (Å²) in [5.41, 5.74) is 5.51. The van der Waals surface area contributed by atoms with Crippen molar-refractivity contribution in [2.24, 2.45) is 23.5 Å². The van der Waals surface area contributed by atoms with Crippen molar-refractivity contribution in [2.75, 3.05) is 13.1 Å². The monoisotopic (exact) mass is 226 g/mol. The van der Waals surface area contributed by atoms with Crippen molar-refractivity contribution in [1.82, 2.24) is 5.32 Å². The van der Waals surface area contributed by atoms with Crippen LogP contribution in [0.1, 0.15) is 46.0 Å². The molecule has 0 spiro atoms. The minimum absolute atomic E-state index is 0.208. The van der Waals surface area contributed by atoms with Gasteiger partial charge in [0.15, 0.2) is 0 Å². The van der Waals surface area contributed by atoms with Crippen LogP contribution in [0.25, 0.3) is 0 Å². The zero-order chi connectivity index (χ0) is 12.0. The molecule has 0 aromatic heterocycles. The van der Waals surface area contributed by atoms with Gasteiger partial charge in [-0.2, -0.15) is 0 Å². The Balaban J connectivity index is 2.18. The number of hydrogen-bond donors (Lipinski definition) is 2. The molecule has 94 valence electrons. The van der Waals surface area contributed by atoms with E-state index >= 15 is 0 Å². The maximum atomic E-state index is 11.7. The lowest BCUT2D eigenvalue weighted by atomic mass is 9.81. The van der Waals surface area contributed by atoms with Gasteiger partial charge in [-0.25, -0.2) is 0 Å². The number of amides is 1. The van der Waals surface area contributed by atoms with E-state index in [-0.39, 0.29) is 5.91 Å². The minimum Gasteiger partial charge on any atom is -0.356 e. The van der Waals surface area contributed by atoms with Crippen LogP contribution in [0.4, 0.5) is 0 Å². The first-order valence-electron chi connectivity index (χ1n) is 6.58. The van der Waals surface area contributed by atoms with Gasteiger partial charge < -0.3 is 11.1 Å². The fraction of sp³-hybridized carbons (Fsp3) is 0.923. The van der Waals surface area contributed by atoms with E-state index in [1.165, 1.54) is 25.7 Å². The fourth-order valence-corrected chi connectivity index (χ4v) is 2.45. The number of nitrogens with two attached hydrogens (primary N) is 1. The van der Waals surface area contributed by atoms with Crippen molar-refractivity contribution in [3.05, 3.63) is 0 Å². The first kappa shape index (κ1) is 13.5. The maximum Gasteiger partial charge on any atom is 0.220 e. The van der Waals surface area contributed by atoms with Crippen LogP contribution in [0.3, 0.4) is 0 Å². The molecule has 0 radical (unpaired) electrons. The van der Waals surface area contributed by atoms with Gasteiger partial charge in [-0.1, -0.05) is 26.7 Å². The Morgan fingerprint density at radius 3 is 2.88 bits per heavy atom. The molecule has 0 aromatic rings. The molecule has 1 rings (SSSR count). The number of rotatable bonds is 5. The highest BCUT2D eigenvalue weighted by Crippen LogP contribution is 2.30. The molecule has 16 heavy (non-hydrogen) atoms. The third-order valence-electron chi connectivity index (χ3n) is 3.57. The van der Waals surface area contributed by atoms with Crippen LogP contribution in [0, 0.1) is 17.8 Å². The summed E-state index contributed by atoms with van der Waals surface area (Å²) in [4.78, 5) is 11.7. The molecule has 0 heterocycles. The van der Waals surface area contributed by atoms with Gasteiger partial charge in [0.25, 0.3) is 0 Å². The van der Waals surface area contributed by atoms with Gasteiger partial charge in [0.2, 0.25) is 5.91 Å². The van der Waals surface area contributed by atoms with Crippen LogP contribution >= 0.6 is 0 Å². The largest absolute Gasteiger partial charge is 0.356 e. The molecule has 3 N–H and O–H groups in total. The molecule has 1 amide bonds. The van der Waals surface area contributed by atoms with Crippen molar-refractivity contribution in [1.29, 1.82) is 0 Å². The summed E-state index contributed by atoms with van der Waals surface area (Å²) < 4.78 is 0. The predicted molar refractivity (Wildman–Crippen MR) is 67.0 cm³/mol. The van der Waals surface area contributed by atoms with Crippen LogP contribution in [-0.2, 0) is 4.79 Å². The number of carbonyl (C=O) groups excluding carboxylic acids is 1. The lowest BCUT2D eigenvalue weighted by molar-refractivity contribution is -0.122. The van der Waals surface area contributed by atoms with E-state index in [1.54, 1.807) is 0 Å². The molecule has 1 aliphatic carbocycles. The molecule has 0 aliphatic heterocycles. The Kier molecular flexibility index (Phi) is 5.81. The highest BCUT2D eigenvalue weighted by Gasteiger charge is 2.21. The summed E-state index contributed by atoms with van der Waals surface area (Å²) in [6, 6.07) is 0. The molecule has 3 unspecified atom stereocenters. The van der Waals surface area contributed by atoms with Crippen LogP contribution < -0.4 is 11.1 Å². The third-order valence-corrected chi connectivity index (χ3v) is 3.57. The Morgan fingerprint density at radius 2 is 2.25 bits per heavy atom. The van der Waals surface area contributed by atoms with E-state index in [0.717, 1.165) is 12.5 Å². The van der Waals surface area contributed by atoms with E-state index in [4.69, 9.17) is 5.73 Å². The lowest BCUT2D eigenvalue weighted by Gasteiger charge is -2.26. The Labute approximate surface area is 99.2 Å². The second-order valence-electron chi connectivity index (χ2n) is 5.49. The molecule has 3 atom stereocenters. The molecule has 1 fully saturated rings. The highest BCUT2D eigenvalue weighted by atomic mass is 16.1. The van der Waals surface area contributed by atoms with Crippen molar-refractivity contribution in [3.63, 3.8) is 0 Å². The first-order valence-corrected chi connectivity index (χ1v) is 6.58. The van der Waals surface area contributed by atoms with E-state index in [1.807, 2.05) is 0 Å². The normalized spacial score (nSPS) is 27.4. The Morgan fingerprint density at radius 1 is 1.50 bits per heavy atom. The molecule has 0 saturated heterocycles. The SMILES string of the molecule is CC(CN)CNC(=O)CC1CCCC(C)C1. The summed E-state index contributed by atoms with van der Waals surface area (Å²) in [7, 11) is 0. The molecule has 3 nitrogen and oxygen atoms in total. The van der Waals surface area contributed by atoms with Crippen molar-refractivity contribution in [3.8, 4) is 0 Å². The van der Waals surface area contributed by atoms with E-state index in [0.29, 0.717) is 24.8 Å². The number of nitrogens with one attached hydrogen (secondary N) is 1. The molecular weight excluding hydrogens is 200 g/mol. The number of carbonyl (C=O) groups is 1. The van der Waals surface area contributed by atoms with Gasteiger partial charge in [-0.3, -0.25) is 4.79 Å². The van der Waals surface area contributed by atoms with Crippen molar-refractivity contribution >= 4 is 5.91 Å². The van der Waals surface area contributed by atoms with Crippen LogP contribution in [0.15, 0.2) is 0 Å². The smallest absolute Gasteiger partial charge is 0.220 e. The summed E-state index contributed by atoms with van der Waals surface area (Å²) >= 11 is 0. The Hall–Kier alpha value is -0.570. The van der Waals surface area contributed by atoms with Gasteiger partial charge in [0.05, 0.1) is 0 Å². The topological polar surface area (TPSA) is 55.1 Å². The van der Waals surface area contributed by atoms with E-state index in [9.17, 15) is 4.79 Å². The second kappa shape index (κ2) is 6.89. The molecule has 1 saturated carbocycles. The van der Waals surface area contributed by atoms with E-state index in [2.05, 4.69) is 19.2 Å².